The molecule has 104 valence electrons. The SMILES string of the molecule is C=C(C)CNS(=O)(=O)c1ccc(CCC(=O)O)cc1. The van der Waals surface area contributed by atoms with Crippen molar-refractivity contribution < 1.29 is 18.3 Å². The molecule has 2 N–H and O–H groups in total. The number of benzene rings is 1. The van der Waals surface area contributed by atoms with Gasteiger partial charge in [0.1, 0.15) is 0 Å². The Morgan fingerprint density at radius 1 is 1.32 bits per heavy atom. The van der Waals surface area contributed by atoms with Crippen molar-refractivity contribution in [2.24, 2.45) is 0 Å². The number of nitrogens with one attached hydrogen (secondary N) is 1. The van der Waals surface area contributed by atoms with Crippen molar-refractivity contribution in [3.63, 3.8) is 0 Å². The van der Waals surface area contributed by atoms with Gasteiger partial charge in [0, 0.05) is 13.0 Å². The fourth-order valence-corrected chi connectivity index (χ4v) is 2.49. The van der Waals surface area contributed by atoms with Gasteiger partial charge in [-0.1, -0.05) is 24.3 Å². The van der Waals surface area contributed by atoms with E-state index in [4.69, 9.17) is 5.11 Å². The van der Waals surface area contributed by atoms with Crippen molar-refractivity contribution in [3.8, 4) is 0 Å². The number of carbonyl (C=O) groups is 1. The third-order valence-corrected chi connectivity index (χ3v) is 3.84. The molecule has 1 aromatic carbocycles. The fourth-order valence-electron chi connectivity index (χ4n) is 1.39. The Morgan fingerprint density at radius 3 is 2.37 bits per heavy atom. The van der Waals surface area contributed by atoms with E-state index in [1.54, 1.807) is 19.1 Å². The number of sulfonamides is 1. The van der Waals surface area contributed by atoms with Gasteiger partial charge in [0.05, 0.1) is 4.90 Å². The molecule has 0 atom stereocenters. The maximum absolute atomic E-state index is 11.9. The van der Waals surface area contributed by atoms with Gasteiger partial charge in [0.2, 0.25) is 10.0 Å². The van der Waals surface area contributed by atoms with Crippen LogP contribution in [-0.4, -0.2) is 26.0 Å². The topological polar surface area (TPSA) is 83.5 Å². The van der Waals surface area contributed by atoms with Gasteiger partial charge in [-0.2, -0.15) is 0 Å². The first-order valence-corrected chi connectivity index (χ1v) is 7.24. The molecule has 1 rings (SSSR count). The lowest BCUT2D eigenvalue weighted by Crippen LogP contribution is -2.25. The number of rotatable bonds is 7. The van der Waals surface area contributed by atoms with Crippen molar-refractivity contribution in [2.45, 2.75) is 24.7 Å². The molecule has 0 amide bonds. The lowest BCUT2D eigenvalue weighted by atomic mass is 10.1. The van der Waals surface area contributed by atoms with Gasteiger partial charge in [-0.3, -0.25) is 4.79 Å². The van der Waals surface area contributed by atoms with E-state index in [0.29, 0.717) is 6.42 Å². The van der Waals surface area contributed by atoms with E-state index < -0.39 is 16.0 Å². The average molecular weight is 283 g/mol. The Morgan fingerprint density at radius 2 is 1.89 bits per heavy atom. The summed E-state index contributed by atoms with van der Waals surface area (Å²) in [5.41, 5.74) is 1.52. The van der Waals surface area contributed by atoms with Crippen LogP contribution in [0.5, 0.6) is 0 Å². The molecule has 0 spiro atoms. The van der Waals surface area contributed by atoms with Crippen LogP contribution in [0.25, 0.3) is 0 Å². The second-order valence-corrected chi connectivity index (χ2v) is 6.09. The molecule has 0 aromatic heterocycles. The monoisotopic (exact) mass is 283 g/mol. The van der Waals surface area contributed by atoms with E-state index in [-0.39, 0.29) is 17.9 Å². The quantitative estimate of drug-likeness (QED) is 0.744. The minimum absolute atomic E-state index is 0.0278. The van der Waals surface area contributed by atoms with Gasteiger partial charge >= 0.3 is 5.97 Å². The average Bonchev–Trinajstić information content (AvgIpc) is 2.34. The van der Waals surface area contributed by atoms with Crippen molar-refractivity contribution in [1.82, 2.24) is 4.72 Å². The number of aliphatic carboxylic acids is 1. The standard InChI is InChI=1S/C13H17NO4S/c1-10(2)9-14-19(17,18)12-6-3-11(4-7-12)5-8-13(15)16/h3-4,6-7,14H,1,5,8-9H2,2H3,(H,15,16). The summed E-state index contributed by atoms with van der Waals surface area (Å²) in [7, 11) is -3.53. The summed E-state index contributed by atoms with van der Waals surface area (Å²) in [5, 5.41) is 8.57. The van der Waals surface area contributed by atoms with E-state index in [2.05, 4.69) is 11.3 Å². The molecule has 1 aromatic rings. The largest absolute Gasteiger partial charge is 0.481 e. The first kappa shape index (κ1) is 15.4. The zero-order chi connectivity index (χ0) is 14.5. The molecule has 0 aliphatic rings. The number of hydrogen-bond acceptors (Lipinski definition) is 3. The summed E-state index contributed by atoms with van der Waals surface area (Å²) in [6.07, 6.45) is 0.412. The number of carboxylic acids is 1. The Balaban J connectivity index is 2.74. The molecule has 0 unspecified atom stereocenters. The Bertz CT molecular complexity index is 561. The first-order valence-electron chi connectivity index (χ1n) is 5.76. The van der Waals surface area contributed by atoms with Crippen LogP contribution in [0, 0.1) is 0 Å². The lowest BCUT2D eigenvalue weighted by Gasteiger charge is -2.07. The van der Waals surface area contributed by atoms with Crippen LogP contribution in [0.15, 0.2) is 41.3 Å². The highest BCUT2D eigenvalue weighted by atomic mass is 32.2. The summed E-state index contributed by atoms with van der Waals surface area (Å²) < 4.78 is 26.2. The molecule has 0 aliphatic carbocycles. The molecular formula is C13H17NO4S. The predicted molar refractivity (Wildman–Crippen MR) is 72.4 cm³/mol. The van der Waals surface area contributed by atoms with Gasteiger partial charge in [-0.05, 0) is 31.0 Å². The van der Waals surface area contributed by atoms with Gasteiger partial charge in [0.25, 0.3) is 0 Å². The molecule has 0 radical (unpaired) electrons. The van der Waals surface area contributed by atoms with Crippen molar-refractivity contribution in [3.05, 3.63) is 42.0 Å². The number of hydrogen-bond donors (Lipinski definition) is 2. The highest BCUT2D eigenvalue weighted by molar-refractivity contribution is 7.89. The summed E-state index contributed by atoms with van der Waals surface area (Å²) in [6.45, 7) is 5.56. The van der Waals surface area contributed by atoms with Crippen molar-refractivity contribution in [2.75, 3.05) is 6.54 Å². The van der Waals surface area contributed by atoms with Gasteiger partial charge in [0.15, 0.2) is 0 Å². The molecule has 0 saturated heterocycles. The second kappa shape index (κ2) is 6.49. The Labute approximate surface area is 113 Å². The minimum atomic E-state index is -3.53. The minimum Gasteiger partial charge on any atom is -0.481 e. The van der Waals surface area contributed by atoms with E-state index in [1.807, 2.05) is 0 Å². The molecule has 0 aliphatic heterocycles. The summed E-state index contributed by atoms with van der Waals surface area (Å²) in [4.78, 5) is 10.6. The van der Waals surface area contributed by atoms with E-state index in [9.17, 15) is 13.2 Å². The Hall–Kier alpha value is -1.66. The first-order chi connectivity index (χ1) is 8.81. The van der Waals surface area contributed by atoms with Crippen LogP contribution in [0.3, 0.4) is 0 Å². The lowest BCUT2D eigenvalue weighted by molar-refractivity contribution is -0.136. The molecule has 0 fully saturated rings. The number of aryl methyl sites for hydroxylation is 1. The molecule has 0 heterocycles. The predicted octanol–water partition coefficient (Wildman–Crippen LogP) is 1.56. The van der Waals surface area contributed by atoms with Crippen molar-refractivity contribution in [1.29, 1.82) is 0 Å². The van der Waals surface area contributed by atoms with E-state index in [1.165, 1.54) is 12.1 Å². The molecule has 0 bridgehead atoms. The smallest absolute Gasteiger partial charge is 0.303 e. The van der Waals surface area contributed by atoms with Crippen LogP contribution >= 0.6 is 0 Å². The van der Waals surface area contributed by atoms with Crippen LogP contribution in [0.2, 0.25) is 0 Å². The highest BCUT2D eigenvalue weighted by Gasteiger charge is 2.13. The van der Waals surface area contributed by atoms with Crippen LogP contribution < -0.4 is 4.72 Å². The molecule has 19 heavy (non-hydrogen) atoms. The molecule has 5 nitrogen and oxygen atoms in total. The normalized spacial score (nSPS) is 11.2. The Kier molecular flexibility index (Phi) is 5.26. The third kappa shape index (κ3) is 5.23. The third-order valence-electron chi connectivity index (χ3n) is 2.43. The van der Waals surface area contributed by atoms with Gasteiger partial charge < -0.3 is 5.11 Å². The number of carboxylic acid groups (broad SMARTS) is 1. The molecular weight excluding hydrogens is 266 g/mol. The summed E-state index contributed by atoms with van der Waals surface area (Å²) >= 11 is 0. The molecule has 0 saturated carbocycles. The van der Waals surface area contributed by atoms with Gasteiger partial charge in [-0.25, -0.2) is 13.1 Å². The van der Waals surface area contributed by atoms with Gasteiger partial charge in [-0.15, -0.1) is 0 Å². The maximum Gasteiger partial charge on any atom is 0.303 e. The van der Waals surface area contributed by atoms with Crippen LogP contribution in [0.4, 0.5) is 0 Å². The summed E-state index contributed by atoms with van der Waals surface area (Å²) in [6, 6.07) is 6.19. The van der Waals surface area contributed by atoms with E-state index in [0.717, 1.165) is 11.1 Å². The van der Waals surface area contributed by atoms with E-state index >= 15 is 0 Å². The fraction of sp³-hybridized carbons (Fsp3) is 0.308. The maximum atomic E-state index is 11.9. The van der Waals surface area contributed by atoms with Crippen LogP contribution in [-0.2, 0) is 21.2 Å². The molecule has 6 heteroatoms. The zero-order valence-electron chi connectivity index (χ0n) is 10.7. The zero-order valence-corrected chi connectivity index (χ0v) is 11.5. The second-order valence-electron chi connectivity index (χ2n) is 4.32. The summed E-state index contributed by atoms with van der Waals surface area (Å²) in [5.74, 6) is -0.875. The van der Waals surface area contributed by atoms with Crippen LogP contribution in [0.1, 0.15) is 18.9 Å². The van der Waals surface area contributed by atoms with Crippen molar-refractivity contribution >= 4 is 16.0 Å². The highest BCUT2D eigenvalue weighted by Crippen LogP contribution is 2.12.